The normalized spacial score (nSPS) is 20.5. The molecule has 0 amide bonds. The van der Waals surface area contributed by atoms with Gasteiger partial charge in [-0.15, -0.1) is 0 Å². The lowest BCUT2D eigenvalue weighted by Gasteiger charge is -2.07. The molecule has 1 unspecified atom stereocenters. The fourth-order valence-electron chi connectivity index (χ4n) is 1.82. The van der Waals surface area contributed by atoms with Crippen molar-refractivity contribution in [3.05, 3.63) is 18.0 Å². The van der Waals surface area contributed by atoms with Crippen LogP contribution in [0.25, 0.3) is 0 Å². The number of carbonyl (C=O) groups is 1. The van der Waals surface area contributed by atoms with Crippen molar-refractivity contribution in [3.8, 4) is 0 Å². The molecule has 1 atom stereocenters. The third-order valence-electron chi connectivity index (χ3n) is 2.66. The van der Waals surface area contributed by atoms with Crippen LogP contribution in [0.3, 0.4) is 0 Å². The van der Waals surface area contributed by atoms with E-state index in [1.54, 1.807) is 12.4 Å². The largest absolute Gasteiger partial charge is 0.465 e. The van der Waals surface area contributed by atoms with Crippen molar-refractivity contribution in [2.45, 2.75) is 13.0 Å². The summed E-state index contributed by atoms with van der Waals surface area (Å²) >= 11 is 0. The highest BCUT2D eigenvalue weighted by molar-refractivity contribution is 5.88. The van der Waals surface area contributed by atoms with Crippen LogP contribution in [0.5, 0.6) is 0 Å². The van der Waals surface area contributed by atoms with Gasteiger partial charge in [-0.3, -0.25) is 4.68 Å². The minimum absolute atomic E-state index is 0.328. The molecular weight excluding hydrogens is 194 g/mol. The Labute approximate surface area is 88.4 Å². The van der Waals surface area contributed by atoms with E-state index in [-0.39, 0.29) is 5.97 Å². The number of nitrogens with one attached hydrogen (secondary N) is 1. The first kappa shape index (κ1) is 10.2. The summed E-state index contributed by atoms with van der Waals surface area (Å²) in [6.07, 6.45) is 4.46. The molecule has 15 heavy (non-hydrogen) atoms. The molecule has 1 saturated heterocycles. The van der Waals surface area contributed by atoms with E-state index in [2.05, 4.69) is 15.2 Å². The number of carbonyl (C=O) groups excluding carboxylic acids is 1. The molecule has 1 aliphatic heterocycles. The second kappa shape index (κ2) is 4.44. The van der Waals surface area contributed by atoms with Crippen LogP contribution in [-0.4, -0.2) is 35.9 Å². The second-order valence-electron chi connectivity index (χ2n) is 3.80. The number of aromatic nitrogens is 2. The van der Waals surface area contributed by atoms with Crippen LogP contribution in [0.4, 0.5) is 0 Å². The van der Waals surface area contributed by atoms with E-state index < -0.39 is 0 Å². The average Bonchev–Trinajstić information content (AvgIpc) is 2.88. The van der Waals surface area contributed by atoms with Crippen molar-refractivity contribution in [2.24, 2.45) is 5.92 Å². The van der Waals surface area contributed by atoms with Gasteiger partial charge in [0.15, 0.2) is 0 Å². The van der Waals surface area contributed by atoms with Crippen LogP contribution >= 0.6 is 0 Å². The molecule has 5 heteroatoms. The minimum Gasteiger partial charge on any atom is -0.465 e. The average molecular weight is 209 g/mol. The number of rotatable bonds is 3. The molecule has 0 aromatic carbocycles. The van der Waals surface area contributed by atoms with E-state index in [0.29, 0.717) is 11.5 Å². The number of hydrogen-bond acceptors (Lipinski definition) is 4. The van der Waals surface area contributed by atoms with Crippen LogP contribution in [0.1, 0.15) is 16.8 Å². The SMILES string of the molecule is COC(=O)c1cnn(CC2CCNC2)c1. The van der Waals surface area contributed by atoms with Crippen LogP contribution in [0.2, 0.25) is 0 Å². The zero-order chi connectivity index (χ0) is 10.7. The fourth-order valence-corrected chi connectivity index (χ4v) is 1.82. The predicted octanol–water partition coefficient (Wildman–Crippen LogP) is 0.279. The van der Waals surface area contributed by atoms with Gasteiger partial charge >= 0.3 is 5.97 Å². The molecule has 5 nitrogen and oxygen atoms in total. The molecule has 82 valence electrons. The molecule has 1 aromatic heterocycles. The van der Waals surface area contributed by atoms with Crippen molar-refractivity contribution < 1.29 is 9.53 Å². The maximum atomic E-state index is 11.2. The van der Waals surface area contributed by atoms with Gasteiger partial charge in [-0.05, 0) is 25.4 Å². The van der Waals surface area contributed by atoms with Crippen molar-refractivity contribution in [1.29, 1.82) is 0 Å². The number of ether oxygens (including phenoxy) is 1. The highest BCUT2D eigenvalue weighted by Gasteiger charge is 2.16. The van der Waals surface area contributed by atoms with Crippen molar-refractivity contribution in [2.75, 3.05) is 20.2 Å². The van der Waals surface area contributed by atoms with Crippen LogP contribution < -0.4 is 5.32 Å². The first-order valence-corrected chi connectivity index (χ1v) is 5.11. The molecule has 0 radical (unpaired) electrons. The smallest absolute Gasteiger partial charge is 0.341 e. The standard InChI is InChI=1S/C10H15N3O2/c1-15-10(14)9-5-12-13(7-9)6-8-2-3-11-4-8/h5,7-8,11H,2-4,6H2,1H3. The van der Waals surface area contributed by atoms with Gasteiger partial charge in [0.05, 0.1) is 18.9 Å². The summed E-state index contributed by atoms with van der Waals surface area (Å²) in [6.45, 7) is 2.98. The Morgan fingerprint density at radius 3 is 3.33 bits per heavy atom. The Hall–Kier alpha value is -1.36. The Kier molecular flexibility index (Phi) is 3.01. The molecular formula is C10H15N3O2. The lowest BCUT2D eigenvalue weighted by Crippen LogP contribution is -2.14. The highest BCUT2D eigenvalue weighted by atomic mass is 16.5. The van der Waals surface area contributed by atoms with E-state index in [1.165, 1.54) is 13.5 Å². The first-order chi connectivity index (χ1) is 7.29. The molecule has 2 heterocycles. The van der Waals surface area contributed by atoms with E-state index in [9.17, 15) is 4.79 Å². The van der Waals surface area contributed by atoms with Crippen molar-refractivity contribution in [1.82, 2.24) is 15.1 Å². The number of methoxy groups -OCH3 is 1. The van der Waals surface area contributed by atoms with Gasteiger partial charge in [-0.1, -0.05) is 0 Å². The molecule has 1 aliphatic rings. The van der Waals surface area contributed by atoms with Crippen LogP contribution in [-0.2, 0) is 11.3 Å². The first-order valence-electron chi connectivity index (χ1n) is 5.11. The lowest BCUT2D eigenvalue weighted by atomic mass is 10.1. The maximum Gasteiger partial charge on any atom is 0.341 e. The molecule has 0 spiro atoms. The van der Waals surface area contributed by atoms with Crippen LogP contribution in [0.15, 0.2) is 12.4 Å². The number of hydrogen-bond donors (Lipinski definition) is 1. The van der Waals surface area contributed by atoms with Gasteiger partial charge in [0.25, 0.3) is 0 Å². The summed E-state index contributed by atoms with van der Waals surface area (Å²) in [6, 6.07) is 0. The molecule has 1 fully saturated rings. The highest BCUT2D eigenvalue weighted by Crippen LogP contribution is 2.10. The summed E-state index contributed by atoms with van der Waals surface area (Å²) in [5.74, 6) is 0.293. The summed E-state index contributed by atoms with van der Waals surface area (Å²) in [4.78, 5) is 11.2. The van der Waals surface area contributed by atoms with Gasteiger partial charge in [0.2, 0.25) is 0 Å². The molecule has 2 rings (SSSR count). The van der Waals surface area contributed by atoms with E-state index in [1.807, 2.05) is 4.68 Å². The summed E-state index contributed by atoms with van der Waals surface area (Å²) in [5, 5.41) is 7.44. The minimum atomic E-state index is -0.328. The van der Waals surface area contributed by atoms with Gasteiger partial charge in [0.1, 0.15) is 0 Å². The monoisotopic (exact) mass is 209 g/mol. The quantitative estimate of drug-likeness (QED) is 0.726. The molecule has 1 aromatic rings. The number of esters is 1. The molecule has 0 bridgehead atoms. The Morgan fingerprint density at radius 2 is 2.67 bits per heavy atom. The fraction of sp³-hybridized carbons (Fsp3) is 0.600. The zero-order valence-corrected chi connectivity index (χ0v) is 8.77. The Morgan fingerprint density at radius 1 is 1.80 bits per heavy atom. The summed E-state index contributed by atoms with van der Waals surface area (Å²) in [7, 11) is 1.38. The molecule has 1 N–H and O–H groups in total. The topological polar surface area (TPSA) is 56.1 Å². The summed E-state index contributed by atoms with van der Waals surface area (Å²) in [5.41, 5.74) is 0.517. The van der Waals surface area contributed by atoms with Crippen LogP contribution in [0, 0.1) is 5.92 Å². The summed E-state index contributed by atoms with van der Waals surface area (Å²) < 4.78 is 6.42. The zero-order valence-electron chi connectivity index (χ0n) is 8.77. The Balaban J connectivity index is 1.97. The maximum absolute atomic E-state index is 11.2. The Bertz CT molecular complexity index is 342. The van der Waals surface area contributed by atoms with Gasteiger partial charge in [-0.25, -0.2) is 4.79 Å². The predicted molar refractivity (Wildman–Crippen MR) is 54.5 cm³/mol. The third-order valence-corrected chi connectivity index (χ3v) is 2.66. The van der Waals surface area contributed by atoms with Gasteiger partial charge < -0.3 is 10.1 Å². The van der Waals surface area contributed by atoms with Gasteiger partial charge in [0, 0.05) is 12.7 Å². The van der Waals surface area contributed by atoms with Crippen molar-refractivity contribution >= 4 is 5.97 Å². The second-order valence-corrected chi connectivity index (χ2v) is 3.80. The number of nitrogens with zero attached hydrogens (tertiary/aromatic N) is 2. The molecule has 0 saturated carbocycles. The van der Waals surface area contributed by atoms with Crippen molar-refractivity contribution in [3.63, 3.8) is 0 Å². The van der Waals surface area contributed by atoms with Gasteiger partial charge in [-0.2, -0.15) is 5.10 Å². The van der Waals surface area contributed by atoms with E-state index in [4.69, 9.17) is 0 Å². The lowest BCUT2D eigenvalue weighted by molar-refractivity contribution is 0.0600. The van der Waals surface area contributed by atoms with E-state index >= 15 is 0 Å². The third kappa shape index (κ3) is 2.36. The van der Waals surface area contributed by atoms with E-state index in [0.717, 1.165) is 19.6 Å². The molecule has 0 aliphatic carbocycles.